The van der Waals surface area contributed by atoms with Crippen LogP contribution in [0.15, 0.2) is 29.2 Å². The minimum Gasteiger partial charge on any atom is -1.00 e. The maximum atomic E-state index is 11.3. The second-order valence-electron chi connectivity index (χ2n) is 6.01. The average Bonchev–Trinajstić information content (AvgIpc) is 2.48. The van der Waals surface area contributed by atoms with E-state index >= 15 is 0 Å². The van der Waals surface area contributed by atoms with Gasteiger partial charge >= 0.3 is 59.1 Å². The zero-order valence-electron chi connectivity index (χ0n) is 17.8. The maximum absolute atomic E-state index is 11.3. The first-order valence-corrected chi connectivity index (χ1v) is 10.0. The Kier molecular flexibility index (Phi) is 18.6. The topological polar surface area (TPSA) is 54.4 Å². The van der Waals surface area contributed by atoms with Crippen LogP contribution >= 0.6 is 0 Å². The van der Waals surface area contributed by atoms with Gasteiger partial charge in [-0.3, -0.25) is 4.55 Å². The molecule has 0 aromatic heterocycles. The van der Waals surface area contributed by atoms with Crippen LogP contribution in [0.25, 0.3) is 0 Å². The van der Waals surface area contributed by atoms with Crippen LogP contribution in [0.2, 0.25) is 0 Å². The molecule has 1 rings (SSSR count). The van der Waals surface area contributed by atoms with Crippen LogP contribution in [-0.2, 0) is 16.5 Å². The van der Waals surface area contributed by atoms with E-state index in [2.05, 4.69) is 6.92 Å². The molecule has 0 aliphatic heterocycles. The van der Waals surface area contributed by atoms with Crippen molar-refractivity contribution in [1.29, 1.82) is 0 Å². The zero-order chi connectivity index (χ0) is 16.3. The number of hydrogen-bond acceptors (Lipinski definition) is 2. The number of rotatable bonds is 12. The van der Waals surface area contributed by atoms with Gasteiger partial charge in [0.15, 0.2) is 0 Å². The summed E-state index contributed by atoms with van der Waals surface area (Å²) < 4.78 is 31.8. The molecule has 0 fully saturated rings. The van der Waals surface area contributed by atoms with Crippen LogP contribution in [0.5, 0.6) is 0 Å². The first-order chi connectivity index (χ1) is 10.6. The molecule has 1 aromatic rings. The van der Waals surface area contributed by atoms with Crippen LogP contribution in [-0.4, -0.2) is 13.0 Å². The monoisotopic (exact) mass is 374 g/mol. The molecule has 0 saturated carbocycles. The summed E-state index contributed by atoms with van der Waals surface area (Å²) in [6.07, 6.45) is 13.3. The van der Waals surface area contributed by atoms with Crippen molar-refractivity contribution < 1.29 is 74.9 Å². The molecule has 0 bridgehead atoms. The molecule has 0 unspecified atom stereocenters. The summed E-state index contributed by atoms with van der Waals surface area (Å²) in [5.41, 5.74) is 0.726. The fourth-order valence-corrected chi connectivity index (χ4v) is 3.52. The van der Waals surface area contributed by atoms with Gasteiger partial charge in [0.2, 0.25) is 0 Å². The third kappa shape index (κ3) is 12.5. The van der Waals surface area contributed by atoms with Gasteiger partial charge in [-0.2, -0.15) is 8.42 Å². The summed E-state index contributed by atoms with van der Waals surface area (Å²) in [5.74, 6) is 0. The molecule has 1 aromatic carbocycles. The van der Waals surface area contributed by atoms with Crippen molar-refractivity contribution in [3.8, 4) is 0 Å². The fraction of sp³-hybridized carbons (Fsp3) is 0.667. The molecule has 0 amide bonds. The summed E-state index contributed by atoms with van der Waals surface area (Å²) in [4.78, 5) is 0.0610. The first kappa shape index (κ1) is 27.3. The molecule has 0 radical (unpaired) electrons. The summed E-state index contributed by atoms with van der Waals surface area (Å²) in [5, 5.41) is 0. The van der Waals surface area contributed by atoms with Crippen LogP contribution < -0.4 is 59.1 Å². The van der Waals surface area contributed by atoms with Gasteiger partial charge in [0, 0.05) is 0 Å². The van der Waals surface area contributed by atoms with E-state index < -0.39 is 10.1 Å². The van der Waals surface area contributed by atoms with Gasteiger partial charge in [0.25, 0.3) is 10.1 Å². The van der Waals surface area contributed by atoms with Crippen LogP contribution in [0, 0.1) is 0 Å². The van der Waals surface area contributed by atoms with Crippen molar-refractivity contribution in [1.82, 2.24) is 0 Å². The molecular weight excluding hydrogens is 342 g/mol. The van der Waals surface area contributed by atoms with Gasteiger partial charge in [-0.25, -0.2) is 0 Å². The van der Waals surface area contributed by atoms with Gasteiger partial charge < -0.3 is 2.85 Å². The fourth-order valence-electron chi connectivity index (χ4n) is 2.76. The summed E-state index contributed by atoms with van der Waals surface area (Å²) in [7, 11) is -4.10. The van der Waals surface area contributed by atoms with E-state index in [1.807, 2.05) is 6.07 Å². The van der Waals surface area contributed by atoms with E-state index in [-0.39, 0.29) is 66.9 Å². The molecule has 6 heteroatoms. The molecule has 0 heterocycles. The normalized spacial score (nSPS) is 10.8. The van der Waals surface area contributed by atoms with Crippen molar-refractivity contribution >= 4 is 10.1 Å². The second-order valence-corrected chi connectivity index (χ2v) is 7.40. The number of hydrogen-bond donors (Lipinski definition) is 1. The van der Waals surface area contributed by atoms with E-state index in [9.17, 15) is 13.0 Å². The van der Waals surface area contributed by atoms with E-state index in [0.717, 1.165) is 18.4 Å². The van der Waals surface area contributed by atoms with Crippen molar-refractivity contribution in [2.45, 2.75) is 82.4 Å². The SMILES string of the molecule is CCCCCCCCCCCCc1ccccc1S(=O)(=O)O.[H-].[H-].[Na+].[Na+]. The zero-order valence-corrected chi connectivity index (χ0v) is 20.6. The first-order valence-electron chi connectivity index (χ1n) is 8.61. The average molecular weight is 374 g/mol. The molecule has 130 valence electrons. The number of benzene rings is 1. The Morgan fingerprint density at radius 3 is 1.79 bits per heavy atom. The molecular formula is C18H32Na2O3S. The molecule has 0 aliphatic carbocycles. The Morgan fingerprint density at radius 2 is 1.29 bits per heavy atom. The molecule has 3 nitrogen and oxygen atoms in total. The predicted molar refractivity (Wildman–Crippen MR) is 94.0 cm³/mol. The predicted octanol–water partition coefficient (Wildman–Crippen LogP) is -0.370. The van der Waals surface area contributed by atoms with Crippen molar-refractivity contribution in [3.63, 3.8) is 0 Å². The Balaban J connectivity index is -0.000000605. The molecule has 0 aliphatic rings. The molecule has 0 atom stereocenters. The maximum Gasteiger partial charge on any atom is 1.00 e. The van der Waals surface area contributed by atoms with E-state index in [0.29, 0.717) is 6.42 Å². The van der Waals surface area contributed by atoms with Crippen molar-refractivity contribution in [3.05, 3.63) is 29.8 Å². The second kappa shape index (κ2) is 16.3. The van der Waals surface area contributed by atoms with Crippen molar-refractivity contribution in [2.24, 2.45) is 0 Å². The number of aryl methyl sites for hydroxylation is 1. The van der Waals surface area contributed by atoms with Gasteiger partial charge in [0.05, 0.1) is 4.90 Å². The standard InChI is InChI=1S/C18H30O3S.2Na.2H/c1-2-3-4-5-6-7-8-9-10-11-14-17-15-12-13-16-18(17)22(19,20)21;;;;/h12-13,15-16H,2-11,14H2,1H3,(H,19,20,21);;;;/q;2*+1;2*-1. The summed E-state index contributed by atoms with van der Waals surface area (Å²) in [6.45, 7) is 2.24. The Hall–Kier alpha value is 1.13. The smallest absolute Gasteiger partial charge is 1.00 e. The van der Waals surface area contributed by atoms with Gasteiger partial charge in [-0.05, 0) is 24.5 Å². The summed E-state index contributed by atoms with van der Waals surface area (Å²) in [6, 6.07) is 6.73. The van der Waals surface area contributed by atoms with E-state index in [1.54, 1.807) is 12.1 Å². The van der Waals surface area contributed by atoms with E-state index in [1.165, 1.54) is 57.4 Å². The Bertz CT molecular complexity index is 529. The molecule has 1 N–H and O–H groups in total. The third-order valence-corrected chi connectivity index (χ3v) is 5.00. The van der Waals surface area contributed by atoms with Crippen molar-refractivity contribution in [2.75, 3.05) is 0 Å². The van der Waals surface area contributed by atoms with Gasteiger partial charge in [-0.1, -0.05) is 82.9 Å². The minimum absolute atomic E-state index is 0. The van der Waals surface area contributed by atoms with Crippen LogP contribution in [0.3, 0.4) is 0 Å². The third-order valence-electron chi connectivity index (χ3n) is 4.05. The minimum atomic E-state index is -4.10. The summed E-state index contributed by atoms with van der Waals surface area (Å²) >= 11 is 0. The quantitative estimate of drug-likeness (QED) is 0.309. The van der Waals surface area contributed by atoms with Gasteiger partial charge in [0.1, 0.15) is 0 Å². The molecule has 0 spiro atoms. The van der Waals surface area contributed by atoms with Gasteiger partial charge in [-0.15, -0.1) is 0 Å². The van der Waals surface area contributed by atoms with Crippen LogP contribution in [0.1, 0.15) is 79.5 Å². The Morgan fingerprint density at radius 1 is 0.833 bits per heavy atom. The largest absolute Gasteiger partial charge is 1.00 e. The van der Waals surface area contributed by atoms with Crippen LogP contribution in [0.4, 0.5) is 0 Å². The Labute approximate surface area is 195 Å². The van der Waals surface area contributed by atoms with E-state index in [4.69, 9.17) is 0 Å². The molecule has 0 saturated heterocycles. The molecule has 24 heavy (non-hydrogen) atoms. The number of unbranched alkanes of at least 4 members (excludes halogenated alkanes) is 9.